The molecule has 0 saturated heterocycles. The summed E-state index contributed by atoms with van der Waals surface area (Å²) in [6, 6.07) is 0. The lowest BCUT2D eigenvalue weighted by atomic mass is 10.0. The summed E-state index contributed by atoms with van der Waals surface area (Å²) in [5, 5.41) is 0. The summed E-state index contributed by atoms with van der Waals surface area (Å²) in [4.78, 5) is 25.6. The van der Waals surface area contributed by atoms with Gasteiger partial charge in [-0.1, -0.05) is 293 Å². The van der Waals surface area contributed by atoms with E-state index in [1.165, 1.54) is 225 Å². The van der Waals surface area contributed by atoms with Gasteiger partial charge in [-0.2, -0.15) is 0 Å². The van der Waals surface area contributed by atoms with Crippen LogP contribution in [0.3, 0.4) is 0 Å². The van der Waals surface area contributed by atoms with Crippen molar-refractivity contribution in [3.8, 4) is 0 Å². The second-order valence-corrected chi connectivity index (χ2v) is 21.0. The Labute approximate surface area is 448 Å². The molecular formula is C67H120O5. The molecule has 0 saturated carbocycles. The average molecular weight is 1010 g/mol. The molecule has 0 aromatic rings. The van der Waals surface area contributed by atoms with Crippen LogP contribution >= 0.6 is 0 Å². The summed E-state index contributed by atoms with van der Waals surface area (Å²) in [5.74, 6) is -0.479. The Morgan fingerprint density at radius 1 is 0.306 bits per heavy atom. The van der Waals surface area contributed by atoms with Gasteiger partial charge in [-0.05, 0) is 83.5 Å². The Morgan fingerprint density at radius 3 is 1.03 bits per heavy atom. The maximum absolute atomic E-state index is 12.9. The molecule has 418 valence electrons. The molecule has 72 heavy (non-hydrogen) atoms. The minimum absolute atomic E-state index is 0.0474. The third kappa shape index (κ3) is 59.9. The van der Waals surface area contributed by atoms with Crippen molar-refractivity contribution in [3.05, 3.63) is 72.9 Å². The van der Waals surface area contributed by atoms with Crippen molar-refractivity contribution in [3.63, 3.8) is 0 Å². The lowest BCUT2D eigenvalue weighted by Gasteiger charge is -2.18. The molecule has 0 bridgehead atoms. The Hall–Kier alpha value is -2.66. The number of hydrogen-bond donors (Lipinski definition) is 0. The molecule has 5 heteroatoms. The van der Waals surface area contributed by atoms with Crippen molar-refractivity contribution in [1.82, 2.24) is 0 Å². The molecule has 0 rings (SSSR count). The van der Waals surface area contributed by atoms with Crippen LogP contribution in [0.25, 0.3) is 0 Å². The molecule has 5 nitrogen and oxygen atoms in total. The van der Waals surface area contributed by atoms with E-state index in [9.17, 15) is 9.59 Å². The van der Waals surface area contributed by atoms with Crippen LogP contribution in [0.5, 0.6) is 0 Å². The zero-order valence-corrected chi connectivity index (χ0v) is 48.2. The highest BCUT2D eigenvalue weighted by molar-refractivity contribution is 5.70. The molecule has 0 heterocycles. The molecule has 0 N–H and O–H groups in total. The molecule has 0 aliphatic rings. The number of esters is 2. The number of allylic oxidation sites excluding steroid dienone is 12. The van der Waals surface area contributed by atoms with Crippen LogP contribution in [-0.4, -0.2) is 37.9 Å². The first-order valence-corrected chi connectivity index (χ1v) is 31.5. The maximum Gasteiger partial charge on any atom is 0.306 e. The van der Waals surface area contributed by atoms with Crippen LogP contribution in [0.2, 0.25) is 0 Å². The molecule has 0 amide bonds. The highest BCUT2D eigenvalue weighted by Crippen LogP contribution is 2.16. The minimum Gasteiger partial charge on any atom is -0.462 e. The van der Waals surface area contributed by atoms with Gasteiger partial charge in [0.25, 0.3) is 0 Å². The van der Waals surface area contributed by atoms with Gasteiger partial charge >= 0.3 is 11.9 Å². The molecule has 0 aromatic heterocycles. The lowest BCUT2D eigenvalue weighted by molar-refractivity contribution is -0.162. The fourth-order valence-corrected chi connectivity index (χ4v) is 9.02. The van der Waals surface area contributed by atoms with Crippen LogP contribution in [-0.2, 0) is 23.8 Å². The topological polar surface area (TPSA) is 61.8 Å². The van der Waals surface area contributed by atoms with Crippen molar-refractivity contribution in [2.24, 2.45) is 0 Å². The van der Waals surface area contributed by atoms with Gasteiger partial charge < -0.3 is 14.2 Å². The fraction of sp³-hybridized carbons (Fsp3) is 0.791. The maximum atomic E-state index is 12.9. The minimum atomic E-state index is -0.568. The largest absolute Gasteiger partial charge is 0.462 e. The summed E-state index contributed by atoms with van der Waals surface area (Å²) >= 11 is 0. The van der Waals surface area contributed by atoms with E-state index in [2.05, 4.69) is 87.6 Å². The molecule has 0 aromatic carbocycles. The number of carbonyl (C=O) groups excluding carboxylic acids is 2. The fourth-order valence-electron chi connectivity index (χ4n) is 9.02. The third-order valence-corrected chi connectivity index (χ3v) is 13.7. The van der Waals surface area contributed by atoms with E-state index in [1.54, 1.807) is 0 Å². The van der Waals surface area contributed by atoms with Gasteiger partial charge in [0.1, 0.15) is 6.61 Å². The molecule has 0 aliphatic heterocycles. The van der Waals surface area contributed by atoms with Crippen LogP contribution in [0, 0.1) is 0 Å². The number of hydrogen-bond acceptors (Lipinski definition) is 5. The Balaban J connectivity index is 4.34. The zero-order valence-electron chi connectivity index (χ0n) is 48.2. The van der Waals surface area contributed by atoms with Crippen LogP contribution < -0.4 is 0 Å². The molecular weight excluding hydrogens is 885 g/mol. The molecule has 0 fully saturated rings. The van der Waals surface area contributed by atoms with Crippen molar-refractivity contribution >= 4 is 11.9 Å². The Bertz CT molecular complexity index is 1270. The summed E-state index contributed by atoms with van der Waals surface area (Å²) < 4.78 is 17.5. The van der Waals surface area contributed by atoms with Gasteiger partial charge in [0.2, 0.25) is 0 Å². The highest BCUT2D eigenvalue weighted by Gasteiger charge is 2.17. The van der Waals surface area contributed by atoms with Crippen molar-refractivity contribution in [2.45, 2.75) is 322 Å². The SMILES string of the molecule is CCCCC/C=C\C/C=C\C/C=C\C/C=C\C/C=C\CCC(=O)OC[C@@H](COCCCCCCCCCCCCCCCCCC)OC(=O)CCCCCCCCCCCCC/C=C\CCCCCCCC. The average Bonchev–Trinajstić information content (AvgIpc) is 3.38. The van der Waals surface area contributed by atoms with Crippen LogP contribution in [0.1, 0.15) is 316 Å². The molecule has 1 atom stereocenters. The quantitative estimate of drug-likeness (QED) is 0.0345. The summed E-state index contributed by atoms with van der Waals surface area (Å²) in [5.41, 5.74) is 0. The van der Waals surface area contributed by atoms with Gasteiger partial charge in [0.05, 0.1) is 6.61 Å². The van der Waals surface area contributed by atoms with E-state index < -0.39 is 6.10 Å². The van der Waals surface area contributed by atoms with Gasteiger partial charge in [-0.15, -0.1) is 0 Å². The molecule has 0 unspecified atom stereocenters. The first kappa shape index (κ1) is 69.3. The smallest absolute Gasteiger partial charge is 0.306 e. The van der Waals surface area contributed by atoms with Gasteiger partial charge in [-0.25, -0.2) is 0 Å². The van der Waals surface area contributed by atoms with Gasteiger partial charge in [-0.3, -0.25) is 9.59 Å². The molecule has 0 radical (unpaired) electrons. The van der Waals surface area contributed by atoms with Gasteiger partial charge in [0.15, 0.2) is 6.10 Å². The first-order valence-electron chi connectivity index (χ1n) is 31.5. The molecule has 0 aliphatic carbocycles. The predicted molar refractivity (Wildman–Crippen MR) is 316 cm³/mol. The first-order chi connectivity index (χ1) is 35.6. The summed E-state index contributed by atoms with van der Waals surface area (Å²) in [7, 11) is 0. The summed E-state index contributed by atoms with van der Waals surface area (Å²) in [6.45, 7) is 7.77. The zero-order chi connectivity index (χ0) is 52.0. The number of ether oxygens (including phenoxy) is 3. The van der Waals surface area contributed by atoms with E-state index in [4.69, 9.17) is 14.2 Å². The van der Waals surface area contributed by atoms with Crippen molar-refractivity contribution in [1.29, 1.82) is 0 Å². The van der Waals surface area contributed by atoms with Crippen LogP contribution in [0.4, 0.5) is 0 Å². The third-order valence-electron chi connectivity index (χ3n) is 13.7. The number of unbranched alkanes of at least 4 members (excludes halogenated alkanes) is 35. The van der Waals surface area contributed by atoms with Crippen molar-refractivity contribution in [2.75, 3.05) is 19.8 Å². The number of rotatable bonds is 58. The Morgan fingerprint density at radius 2 is 0.611 bits per heavy atom. The van der Waals surface area contributed by atoms with E-state index >= 15 is 0 Å². The summed E-state index contributed by atoms with van der Waals surface area (Å²) in [6.07, 6.45) is 82.3. The second-order valence-electron chi connectivity index (χ2n) is 21.0. The normalized spacial score (nSPS) is 12.7. The van der Waals surface area contributed by atoms with E-state index in [-0.39, 0.29) is 25.2 Å². The van der Waals surface area contributed by atoms with E-state index in [1.807, 2.05) is 6.08 Å². The Kier molecular flexibility index (Phi) is 60.3. The monoisotopic (exact) mass is 1000 g/mol. The van der Waals surface area contributed by atoms with E-state index in [0.717, 1.165) is 51.4 Å². The number of carbonyl (C=O) groups is 2. The standard InChI is InChI=1S/C67H120O5/c1-4-7-10-13-16-19-22-25-28-31-33-34-36-38-40-43-46-49-52-55-58-61-67(69)72-65(63-70-62-59-56-53-50-47-44-41-30-27-24-21-18-15-12-9-6-3)64-71-66(68)60-57-54-51-48-45-42-39-37-35-32-29-26-23-20-17-14-11-8-5-2/h17,20,25-26,28-29,35,37,42,45,51,54,65H,4-16,18-19,21-24,27,30-34,36,38-41,43-44,46-50,52-53,55-64H2,1-3H3/b20-17-,28-25-,29-26-,37-35-,45-42-,54-51-/t65-/m1/s1. The lowest BCUT2D eigenvalue weighted by Crippen LogP contribution is -2.30. The predicted octanol–water partition coefficient (Wildman–Crippen LogP) is 21.8. The second kappa shape index (κ2) is 62.6. The van der Waals surface area contributed by atoms with Crippen LogP contribution in [0.15, 0.2) is 72.9 Å². The van der Waals surface area contributed by atoms with Crippen molar-refractivity contribution < 1.29 is 23.8 Å². The van der Waals surface area contributed by atoms with Gasteiger partial charge in [0, 0.05) is 19.4 Å². The highest BCUT2D eigenvalue weighted by atomic mass is 16.6. The van der Waals surface area contributed by atoms with E-state index in [0.29, 0.717) is 25.9 Å². The molecule has 0 spiro atoms.